The van der Waals surface area contributed by atoms with Gasteiger partial charge in [0, 0.05) is 6.42 Å². The van der Waals surface area contributed by atoms with Crippen molar-refractivity contribution in [2.45, 2.75) is 46.0 Å². The summed E-state index contributed by atoms with van der Waals surface area (Å²) >= 11 is 0. The van der Waals surface area contributed by atoms with Crippen molar-refractivity contribution in [1.82, 2.24) is 5.43 Å². The number of rotatable bonds is 9. The number of nitrogens with one attached hydrogen (secondary N) is 1. The molecule has 4 nitrogen and oxygen atoms in total. The number of unbranched alkanes of at least 4 members (excludes halogenated alkanes) is 3. The van der Waals surface area contributed by atoms with E-state index in [0.29, 0.717) is 13.0 Å². The molecule has 0 atom stereocenters. The molecule has 1 amide bonds. The average Bonchev–Trinajstić information content (AvgIpc) is 2.46. The van der Waals surface area contributed by atoms with Crippen LogP contribution in [0.1, 0.15) is 51.5 Å². The Bertz CT molecular complexity index is 413. The molecule has 0 spiro atoms. The Balaban J connectivity index is 2.27. The fourth-order valence-corrected chi connectivity index (χ4v) is 1.76. The van der Waals surface area contributed by atoms with E-state index >= 15 is 0 Å². The predicted octanol–water partition coefficient (Wildman–Crippen LogP) is 3.51. The summed E-state index contributed by atoms with van der Waals surface area (Å²) in [5.41, 5.74) is 3.48. The van der Waals surface area contributed by atoms with E-state index in [4.69, 9.17) is 4.74 Å². The summed E-state index contributed by atoms with van der Waals surface area (Å²) in [5, 5.41) is 3.95. The maximum Gasteiger partial charge on any atom is 0.240 e. The van der Waals surface area contributed by atoms with Crippen LogP contribution in [-0.4, -0.2) is 18.7 Å². The third-order valence-electron chi connectivity index (χ3n) is 2.85. The maximum atomic E-state index is 11.5. The summed E-state index contributed by atoms with van der Waals surface area (Å²) in [7, 11) is 0. The quantitative estimate of drug-likeness (QED) is 0.426. The smallest absolute Gasteiger partial charge is 0.240 e. The number of benzene rings is 1. The van der Waals surface area contributed by atoms with Gasteiger partial charge in [-0.25, -0.2) is 5.43 Å². The zero-order valence-corrected chi connectivity index (χ0v) is 12.4. The van der Waals surface area contributed by atoms with E-state index in [1.54, 1.807) is 6.21 Å². The predicted molar refractivity (Wildman–Crippen MR) is 82.1 cm³/mol. The Morgan fingerprint density at radius 1 is 1.20 bits per heavy atom. The molecule has 0 unspecified atom stereocenters. The second-order valence-electron chi connectivity index (χ2n) is 4.61. The van der Waals surface area contributed by atoms with Crippen LogP contribution >= 0.6 is 0 Å². The summed E-state index contributed by atoms with van der Waals surface area (Å²) in [6.45, 7) is 4.76. The molecule has 20 heavy (non-hydrogen) atoms. The van der Waals surface area contributed by atoms with Gasteiger partial charge in [-0.05, 0) is 43.2 Å². The SMILES string of the molecule is CCCCCCC(=O)N/N=C/c1ccc(OCC)cc1. The first kappa shape index (κ1) is 16.2. The Morgan fingerprint density at radius 3 is 2.60 bits per heavy atom. The lowest BCUT2D eigenvalue weighted by Crippen LogP contribution is -2.16. The molecule has 1 N–H and O–H groups in total. The van der Waals surface area contributed by atoms with E-state index in [2.05, 4.69) is 17.5 Å². The van der Waals surface area contributed by atoms with Crippen LogP contribution < -0.4 is 10.2 Å². The van der Waals surface area contributed by atoms with Gasteiger partial charge in [0.25, 0.3) is 0 Å². The van der Waals surface area contributed by atoms with Crippen LogP contribution in [0.15, 0.2) is 29.4 Å². The number of nitrogens with zero attached hydrogens (tertiary/aromatic N) is 1. The van der Waals surface area contributed by atoms with Crippen molar-refractivity contribution in [3.63, 3.8) is 0 Å². The first-order chi connectivity index (χ1) is 9.76. The van der Waals surface area contributed by atoms with Crippen molar-refractivity contribution in [2.24, 2.45) is 5.10 Å². The van der Waals surface area contributed by atoms with Crippen molar-refractivity contribution in [2.75, 3.05) is 6.61 Å². The third kappa shape index (κ3) is 6.92. The molecule has 110 valence electrons. The van der Waals surface area contributed by atoms with Gasteiger partial charge in [0.15, 0.2) is 0 Å². The minimum Gasteiger partial charge on any atom is -0.494 e. The molecule has 1 aromatic rings. The second-order valence-corrected chi connectivity index (χ2v) is 4.61. The summed E-state index contributed by atoms with van der Waals surface area (Å²) < 4.78 is 5.35. The molecule has 1 aromatic carbocycles. The monoisotopic (exact) mass is 276 g/mol. The van der Waals surface area contributed by atoms with Gasteiger partial charge < -0.3 is 4.74 Å². The Labute approximate surface area is 121 Å². The fraction of sp³-hybridized carbons (Fsp3) is 0.500. The highest BCUT2D eigenvalue weighted by molar-refractivity contribution is 5.82. The standard InChI is InChI=1S/C16H24N2O2/c1-3-5-6-7-8-16(19)18-17-13-14-9-11-15(12-10-14)20-4-2/h9-13H,3-8H2,1-2H3,(H,18,19)/b17-13+. The van der Waals surface area contributed by atoms with E-state index < -0.39 is 0 Å². The molecular formula is C16H24N2O2. The Kier molecular flexibility index (Phi) is 8.11. The number of carbonyl (C=O) groups excluding carboxylic acids is 1. The van der Waals surface area contributed by atoms with Crippen LogP contribution in [0.25, 0.3) is 0 Å². The van der Waals surface area contributed by atoms with Gasteiger partial charge in [-0.3, -0.25) is 4.79 Å². The largest absolute Gasteiger partial charge is 0.494 e. The second kappa shape index (κ2) is 10.0. The van der Waals surface area contributed by atoms with Gasteiger partial charge in [-0.2, -0.15) is 5.10 Å². The summed E-state index contributed by atoms with van der Waals surface area (Å²) in [5.74, 6) is 0.813. The van der Waals surface area contributed by atoms with E-state index in [1.807, 2.05) is 31.2 Å². The number of hydrogen-bond acceptors (Lipinski definition) is 3. The number of ether oxygens (including phenoxy) is 1. The van der Waals surface area contributed by atoms with Gasteiger partial charge in [-0.15, -0.1) is 0 Å². The molecule has 4 heteroatoms. The lowest BCUT2D eigenvalue weighted by atomic mass is 10.1. The van der Waals surface area contributed by atoms with Gasteiger partial charge in [0.1, 0.15) is 5.75 Å². The highest BCUT2D eigenvalue weighted by Crippen LogP contribution is 2.10. The van der Waals surface area contributed by atoms with Crippen LogP contribution in [0.4, 0.5) is 0 Å². The Hall–Kier alpha value is -1.84. The van der Waals surface area contributed by atoms with E-state index in [9.17, 15) is 4.79 Å². The molecule has 0 heterocycles. The molecule has 0 bridgehead atoms. The van der Waals surface area contributed by atoms with Crippen molar-refractivity contribution < 1.29 is 9.53 Å². The van der Waals surface area contributed by atoms with Crippen molar-refractivity contribution in [3.05, 3.63) is 29.8 Å². The topological polar surface area (TPSA) is 50.7 Å². The van der Waals surface area contributed by atoms with Crippen LogP contribution in [0.2, 0.25) is 0 Å². The molecule has 0 saturated heterocycles. The molecule has 0 aliphatic heterocycles. The van der Waals surface area contributed by atoms with Crippen LogP contribution in [0.3, 0.4) is 0 Å². The van der Waals surface area contributed by atoms with E-state index in [1.165, 1.54) is 12.8 Å². The number of carbonyl (C=O) groups is 1. The third-order valence-corrected chi connectivity index (χ3v) is 2.85. The lowest BCUT2D eigenvalue weighted by molar-refractivity contribution is -0.121. The molecule has 0 aliphatic carbocycles. The van der Waals surface area contributed by atoms with Crippen molar-refractivity contribution >= 4 is 12.1 Å². The van der Waals surface area contributed by atoms with Crippen molar-refractivity contribution in [1.29, 1.82) is 0 Å². The van der Waals surface area contributed by atoms with Gasteiger partial charge in [0.05, 0.1) is 12.8 Å². The summed E-state index contributed by atoms with van der Waals surface area (Å²) in [6, 6.07) is 7.58. The maximum absolute atomic E-state index is 11.5. The molecule has 1 rings (SSSR count). The minimum atomic E-state index is -0.0247. The van der Waals surface area contributed by atoms with Gasteiger partial charge in [0.2, 0.25) is 5.91 Å². The van der Waals surface area contributed by atoms with Crippen LogP contribution in [0.5, 0.6) is 5.75 Å². The van der Waals surface area contributed by atoms with Crippen LogP contribution in [0, 0.1) is 0 Å². The Morgan fingerprint density at radius 2 is 1.95 bits per heavy atom. The molecule has 0 aromatic heterocycles. The van der Waals surface area contributed by atoms with Gasteiger partial charge >= 0.3 is 0 Å². The minimum absolute atomic E-state index is 0.0247. The lowest BCUT2D eigenvalue weighted by Gasteiger charge is -2.02. The molecule has 0 radical (unpaired) electrons. The molecule has 0 saturated carbocycles. The van der Waals surface area contributed by atoms with Gasteiger partial charge in [-0.1, -0.05) is 26.2 Å². The zero-order chi connectivity index (χ0) is 14.6. The molecule has 0 fully saturated rings. The highest BCUT2D eigenvalue weighted by Gasteiger charge is 1.98. The van der Waals surface area contributed by atoms with Crippen molar-refractivity contribution in [3.8, 4) is 5.75 Å². The van der Waals surface area contributed by atoms with E-state index in [0.717, 1.165) is 24.2 Å². The average molecular weight is 276 g/mol. The zero-order valence-electron chi connectivity index (χ0n) is 12.4. The number of hydrogen-bond donors (Lipinski definition) is 1. The fourth-order valence-electron chi connectivity index (χ4n) is 1.76. The summed E-state index contributed by atoms with van der Waals surface area (Å²) in [4.78, 5) is 11.5. The molecular weight excluding hydrogens is 252 g/mol. The van der Waals surface area contributed by atoms with Crippen LogP contribution in [-0.2, 0) is 4.79 Å². The highest BCUT2D eigenvalue weighted by atomic mass is 16.5. The number of hydrazone groups is 1. The molecule has 0 aliphatic rings. The first-order valence-corrected chi connectivity index (χ1v) is 7.31. The first-order valence-electron chi connectivity index (χ1n) is 7.31. The van der Waals surface area contributed by atoms with E-state index in [-0.39, 0.29) is 5.91 Å². The summed E-state index contributed by atoms with van der Waals surface area (Å²) in [6.07, 6.45) is 6.57. The normalized spacial score (nSPS) is 10.7. The number of amides is 1.